The van der Waals surface area contributed by atoms with Crippen molar-refractivity contribution in [2.45, 2.75) is 179 Å². The predicted molar refractivity (Wildman–Crippen MR) is 187 cm³/mol. The van der Waals surface area contributed by atoms with Crippen LogP contribution < -0.4 is 0 Å². The molecule has 2 fully saturated rings. The molecule has 0 saturated carbocycles. The highest BCUT2D eigenvalue weighted by Crippen LogP contribution is 2.47. The molecular weight excluding hydrogens is 679 g/mol. The Morgan fingerprint density at radius 3 is 1.71 bits per heavy atom. The lowest BCUT2D eigenvalue weighted by Gasteiger charge is -2.56. The Hall–Kier alpha value is 0.591. The molecular formula is C31H61IO6Si3. The van der Waals surface area contributed by atoms with E-state index in [9.17, 15) is 4.79 Å². The molecule has 2 saturated heterocycles. The molecule has 0 spiro atoms. The van der Waals surface area contributed by atoms with Gasteiger partial charge in [0.15, 0.2) is 25.0 Å². The fourth-order valence-electron chi connectivity index (χ4n) is 4.63. The monoisotopic (exact) mass is 740 g/mol. The van der Waals surface area contributed by atoms with Crippen LogP contribution in [0.25, 0.3) is 0 Å². The van der Waals surface area contributed by atoms with Gasteiger partial charge in [-0.25, -0.2) is 0 Å². The smallest absolute Gasteiger partial charge is 0.193 e. The van der Waals surface area contributed by atoms with Crippen molar-refractivity contribution in [3.05, 3.63) is 10.2 Å². The van der Waals surface area contributed by atoms with Crippen LogP contribution in [-0.4, -0.2) is 74.0 Å². The van der Waals surface area contributed by atoms with Gasteiger partial charge >= 0.3 is 0 Å². The zero-order chi connectivity index (χ0) is 31.8. The van der Waals surface area contributed by atoms with Crippen LogP contribution in [0.3, 0.4) is 0 Å². The van der Waals surface area contributed by atoms with Crippen molar-refractivity contribution in [2.24, 2.45) is 0 Å². The molecule has 0 aromatic rings. The van der Waals surface area contributed by atoms with E-state index < -0.39 is 25.0 Å². The van der Waals surface area contributed by atoms with E-state index >= 15 is 0 Å². The first-order valence-electron chi connectivity index (χ1n) is 15.4. The quantitative estimate of drug-likeness (QED) is 0.127. The summed E-state index contributed by atoms with van der Waals surface area (Å²) in [7, 11) is -6.69. The highest BCUT2D eigenvalue weighted by atomic mass is 127. The van der Waals surface area contributed by atoms with Crippen molar-refractivity contribution in [3.8, 4) is 0 Å². The number of halogens is 1. The Labute approximate surface area is 268 Å². The highest BCUT2D eigenvalue weighted by molar-refractivity contribution is 14.1. The first-order valence-corrected chi connectivity index (χ1v) is 25.4. The maximum Gasteiger partial charge on any atom is 0.193 e. The molecule has 5 unspecified atom stereocenters. The first-order chi connectivity index (χ1) is 18.4. The van der Waals surface area contributed by atoms with Gasteiger partial charge in [-0.05, 0) is 77.4 Å². The van der Waals surface area contributed by atoms with Crippen LogP contribution in [0.4, 0.5) is 0 Å². The average molecular weight is 741 g/mol. The third kappa shape index (κ3) is 9.08. The van der Waals surface area contributed by atoms with Gasteiger partial charge in [-0.15, -0.1) is 0 Å². The molecule has 240 valence electrons. The van der Waals surface area contributed by atoms with E-state index in [1.807, 2.05) is 0 Å². The average Bonchev–Trinajstić information content (AvgIpc) is 2.78. The van der Waals surface area contributed by atoms with Gasteiger partial charge < -0.3 is 27.5 Å². The molecule has 0 aromatic heterocycles. The minimum Gasteiger partial charge on any atom is -0.408 e. The van der Waals surface area contributed by atoms with E-state index in [4.69, 9.17) is 22.8 Å². The zero-order valence-corrected chi connectivity index (χ0v) is 33.9. The van der Waals surface area contributed by atoms with Crippen LogP contribution in [0.15, 0.2) is 10.2 Å². The van der Waals surface area contributed by atoms with Crippen molar-refractivity contribution in [3.63, 3.8) is 0 Å². The Morgan fingerprint density at radius 1 is 0.780 bits per heavy atom. The largest absolute Gasteiger partial charge is 0.408 e. The predicted octanol–water partition coefficient (Wildman–Crippen LogP) is 9.01. The van der Waals surface area contributed by atoms with Crippen molar-refractivity contribution in [1.82, 2.24) is 0 Å². The van der Waals surface area contributed by atoms with Gasteiger partial charge in [0.05, 0.1) is 18.3 Å². The van der Waals surface area contributed by atoms with Crippen LogP contribution >= 0.6 is 22.6 Å². The first kappa shape index (κ1) is 37.8. The molecule has 6 nitrogen and oxygen atoms in total. The number of ether oxygens (including phenoxy) is 2. The number of fused-ring (bicyclic) bond motifs is 1. The SMILES string of the molecule is CC(C)(C)[Si](C)(C)OC(/C=C/I)C1OC2CC[C@H](CC=O)O[C@@H]2C(O[Si](C)(C)C(C)(C)C)C1O[Si](C)(C)C(C)(C)C. The van der Waals surface area contributed by atoms with Gasteiger partial charge in [0.25, 0.3) is 0 Å². The maximum atomic E-state index is 11.5. The fraction of sp³-hybridized carbons (Fsp3) is 0.903. The molecule has 0 aromatic carbocycles. The molecule has 2 heterocycles. The van der Waals surface area contributed by atoms with Crippen molar-refractivity contribution >= 4 is 53.8 Å². The van der Waals surface area contributed by atoms with Gasteiger partial charge in [-0.2, -0.15) is 0 Å². The van der Waals surface area contributed by atoms with Crippen LogP contribution in [0.5, 0.6) is 0 Å². The van der Waals surface area contributed by atoms with Gasteiger partial charge in [0.2, 0.25) is 0 Å². The van der Waals surface area contributed by atoms with E-state index in [0.717, 1.165) is 19.1 Å². The molecule has 0 radical (unpaired) electrons. The second kappa shape index (κ2) is 13.5. The van der Waals surface area contributed by atoms with Crippen molar-refractivity contribution in [2.75, 3.05) is 0 Å². The number of aldehydes is 1. The molecule has 2 aliphatic rings. The van der Waals surface area contributed by atoms with Gasteiger partial charge in [-0.1, -0.05) is 84.9 Å². The van der Waals surface area contributed by atoms with E-state index in [1.165, 1.54) is 0 Å². The Morgan fingerprint density at radius 2 is 1.27 bits per heavy atom. The summed E-state index contributed by atoms with van der Waals surface area (Å²) in [6, 6.07) is 0. The molecule has 0 bridgehead atoms. The Balaban J connectivity index is 2.73. The number of hydrogen-bond donors (Lipinski definition) is 0. The summed E-state index contributed by atoms with van der Waals surface area (Å²) < 4.78 is 37.6. The second-order valence-electron chi connectivity index (χ2n) is 16.7. The molecule has 7 atom stereocenters. The standard InChI is InChI=1S/C31H61IO6Si3/c1-29(2,3)39(10,11)36-24(18-20-32)26-28(38-41(14,15)31(7,8)9)27(37-40(12,13)30(4,5)6)25-23(35-26)17-16-22(34-25)19-21-33/h18,20-28H,16-17,19H2,1-15H3/b20-18+/t22-,23?,24?,25+,26?,27?,28?/m1/s1. The van der Waals surface area contributed by atoms with Crippen LogP contribution in [0.2, 0.25) is 54.4 Å². The van der Waals surface area contributed by atoms with E-state index in [0.29, 0.717) is 6.42 Å². The minimum absolute atomic E-state index is 0.00170. The van der Waals surface area contributed by atoms with Crippen molar-refractivity contribution < 1.29 is 27.5 Å². The Bertz CT molecular complexity index is 903. The summed E-state index contributed by atoms with van der Waals surface area (Å²) in [6.45, 7) is 34.3. The summed E-state index contributed by atoms with van der Waals surface area (Å²) in [4.78, 5) is 11.5. The minimum atomic E-state index is -2.28. The van der Waals surface area contributed by atoms with Crippen LogP contribution in [0.1, 0.15) is 81.6 Å². The zero-order valence-electron chi connectivity index (χ0n) is 28.7. The Kier molecular flexibility index (Phi) is 12.5. The van der Waals surface area contributed by atoms with E-state index in [2.05, 4.69) is 134 Å². The van der Waals surface area contributed by atoms with Crippen LogP contribution in [-0.2, 0) is 27.5 Å². The third-order valence-electron chi connectivity index (χ3n) is 10.4. The summed E-state index contributed by atoms with van der Waals surface area (Å²) in [6.07, 6.45) is 3.25. The molecule has 10 heteroatoms. The lowest BCUT2D eigenvalue weighted by atomic mass is 9.87. The second-order valence-corrected chi connectivity index (χ2v) is 31.7. The lowest BCUT2D eigenvalue weighted by Crippen LogP contribution is -2.69. The highest BCUT2D eigenvalue weighted by Gasteiger charge is 2.57. The molecule has 0 N–H and O–H groups in total. The van der Waals surface area contributed by atoms with E-state index in [-0.39, 0.29) is 57.8 Å². The summed E-state index contributed by atoms with van der Waals surface area (Å²) >= 11 is 2.29. The molecule has 0 amide bonds. The summed E-state index contributed by atoms with van der Waals surface area (Å²) in [5.74, 6) is 0. The number of carbonyl (C=O) groups excluding carboxylic acids is 1. The van der Waals surface area contributed by atoms with Gasteiger partial charge in [0, 0.05) is 6.42 Å². The number of carbonyl (C=O) groups is 1. The molecule has 0 aliphatic carbocycles. The van der Waals surface area contributed by atoms with Gasteiger partial charge in [-0.3, -0.25) is 0 Å². The summed E-state index contributed by atoms with van der Waals surface area (Å²) in [5.41, 5.74) is 0. The van der Waals surface area contributed by atoms with Crippen molar-refractivity contribution in [1.29, 1.82) is 0 Å². The maximum absolute atomic E-state index is 11.5. The van der Waals surface area contributed by atoms with Gasteiger partial charge in [0.1, 0.15) is 30.7 Å². The topological polar surface area (TPSA) is 63.2 Å². The van der Waals surface area contributed by atoms with Crippen LogP contribution in [0, 0.1) is 0 Å². The molecule has 2 aliphatic heterocycles. The third-order valence-corrected chi connectivity index (χ3v) is 24.3. The normalized spacial score (nSPS) is 29.9. The lowest BCUT2D eigenvalue weighted by molar-refractivity contribution is -0.266. The van der Waals surface area contributed by atoms with E-state index in [1.54, 1.807) is 0 Å². The molecule has 41 heavy (non-hydrogen) atoms. The fourth-order valence-corrected chi connectivity index (χ4v) is 8.89. The molecule has 2 rings (SSSR count). The number of rotatable bonds is 10. The number of hydrogen-bond acceptors (Lipinski definition) is 6. The summed E-state index contributed by atoms with van der Waals surface area (Å²) in [5, 5.41) is 0.0521.